The number of thiazole rings is 1. The third-order valence-corrected chi connectivity index (χ3v) is 8.37. The van der Waals surface area contributed by atoms with E-state index in [4.69, 9.17) is 11.6 Å². The molecule has 2 amide bonds. The van der Waals surface area contributed by atoms with Gasteiger partial charge < -0.3 is 20.2 Å². The first kappa shape index (κ1) is 28.5. The second-order valence-electron chi connectivity index (χ2n) is 11.6. The number of hydrogen-bond donors (Lipinski definition) is 3. The van der Waals surface area contributed by atoms with Gasteiger partial charge in [0.1, 0.15) is 11.6 Å². The summed E-state index contributed by atoms with van der Waals surface area (Å²) < 4.78 is 43.5. The zero-order valence-electron chi connectivity index (χ0n) is 22.4. The summed E-state index contributed by atoms with van der Waals surface area (Å²) in [7, 11) is 0. The van der Waals surface area contributed by atoms with Crippen LogP contribution in [0.25, 0.3) is 0 Å². The number of hydrogen-bond acceptors (Lipinski definition) is 6. The normalized spacial score (nSPS) is 17.2. The minimum Gasteiger partial charge on any atom is -0.506 e. The molecule has 0 atom stereocenters. The number of rotatable bonds is 4. The van der Waals surface area contributed by atoms with E-state index in [2.05, 4.69) is 41.3 Å². The number of aromatic nitrogens is 1. The maximum atomic E-state index is 14.4. The van der Waals surface area contributed by atoms with Crippen LogP contribution >= 0.6 is 22.9 Å². The monoisotopic (exact) mass is 593 g/mol. The fraction of sp³-hybridized carbons (Fsp3) is 0.429. The van der Waals surface area contributed by atoms with E-state index in [9.17, 15) is 23.1 Å². The van der Waals surface area contributed by atoms with E-state index in [1.807, 2.05) is 0 Å². The molecule has 2 aliphatic heterocycles. The molecule has 3 heterocycles. The number of benzene rings is 2. The fourth-order valence-electron chi connectivity index (χ4n) is 5.90. The van der Waals surface area contributed by atoms with Gasteiger partial charge in [-0.3, -0.25) is 5.32 Å². The average Bonchev–Trinajstić information content (AvgIpc) is 3.41. The topological polar surface area (TPSA) is 80.7 Å². The first-order chi connectivity index (χ1) is 18.8. The summed E-state index contributed by atoms with van der Waals surface area (Å²) in [4.78, 5) is 20.8. The first-order valence-corrected chi connectivity index (χ1v) is 14.2. The summed E-state index contributed by atoms with van der Waals surface area (Å²) in [5.41, 5.74) is -0.346. The van der Waals surface area contributed by atoms with Crippen LogP contribution in [-0.4, -0.2) is 47.2 Å². The zero-order valence-corrected chi connectivity index (χ0v) is 24.0. The number of likely N-dealkylation sites (tertiary alicyclic amines) is 1. The Bertz CT molecular complexity index is 1410. The maximum absolute atomic E-state index is 14.4. The number of nitrogens with zero attached hydrogens (tertiary/aromatic N) is 3. The summed E-state index contributed by atoms with van der Waals surface area (Å²) in [5.74, 6) is 0.0540. The molecule has 0 radical (unpaired) electrons. The van der Waals surface area contributed by atoms with Gasteiger partial charge in [-0.25, -0.2) is 9.78 Å². The third-order valence-electron chi connectivity index (χ3n) is 7.39. The molecule has 1 spiro atoms. The average molecular weight is 594 g/mol. The summed E-state index contributed by atoms with van der Waals surface area (Å²) in [6.45, 7) is 8.82. The molecule has 0 saturated carbocycles. The van der Waals surface area contributed by atoms with Gasteiger partial charge in [0.15, 0.2) is 4.47 Å². The second-order valence-corrected chi connectivity index (χ2v) is 13.1. The molecule has 2 aromatic carbocycles. The highest BCUT2D eigenvalue weighted by molar-refractivity contribution is 7.14. The van der Waals surface area contributed by atoms with E-state index < -0.39 is 23.2 Å². The largest absolute Gasteiger partial charge is 0.506 e. The molecule has 2 aliphatic rings. The molecule has 7 nitrogen and oxygen atoms in total. The van der Waals surface area contributed by atoms with Crippen molar-refractivity contribution < 1.29 is 23.1 Å². The van der Waals surface area contributed by atoms with Gasteiger partial charge >= 0.3 is 12.2 Å². The van der Waals surface area contributed by atoms with Gasteiger partial charge in [0.25, 0.3) is 0 Å². The van der Waals surface area contributed by atoms with Crippen LogP contribution in [0.2, 0.25) is 4.47 Å². The van der Waals surface area contributed by atoms with Crippen molar-refractivity contribution in [3.63, 3.8) is 0 Å². The number of anilines is 4. The molecule has 3 N–H and O–H groups in total. The molecule has 1 saturated heterocycles. The predicted octanol–water partition coefficient (Wildman–Crippen LogP) is 7.70. The van der Waals surface area contributed by atoms with Crippen molar-refractivity contribution in [1.82, 2.24) is 9.88 Å². The maximum Gasteiger partial charge on any atom is 0.416 e. The first-order valence-electron chi connectivity index (χ1n) is 13.0. The van der Waals surface area contributed by atoms with E-state index in [0.29, 0.717) is 37.3 Å². The van der Waals surface area contributed by atoms with Crippen LogP contribution in [-0.2, 0) is 11.6 Å². The van der Waals surface area contributed by atoms with Crippen molar-refractivity contribution in [1.29, 1.82) is 0 Å². The molecular weight excluding hydrogens is 563 g/mol. The summed E-state index contributed by atoms with van der Waals surface area (Å²) >= 11 is 7.03. The molecule has 12 heteroatoms. The van der Waals surface area contributed by atoms with Crippen molar-refractivity contribution in [2.45, 2.75) is 45.2 Å². The minimum absolute atomic E-state index is 0.0641. The van der Waals surface area contributed by atoms with Gasteiger partial charge in [-0.05, 0) is 61.2 Å². The highest BCUT2D eigenvalue weighted by atomic mass is 35.5. The lowest BCUT2D eigenvalue weighted by molar-refractivity contribution is -0.138. The van der Waals surface area contributed by atoms with Gasteiger partial charge in [0.2, 0.25) is 0 Å². The quantitative estimate of drug-likeness (QED) is 0.289. The zero-order chi connectivity index (χ0) is 28.9. The lowest BCUT2D eigenvalue weighted by Crippen LogP contribution is -2.47. The van der Waals surface area contributed by atoms with Gasteiger partial charge in [-0.1, -0.05) is 44.5 Å². The molecular formula is C28H31ClF3N5O2S. The Morgan fingerprint density at radius 2 is 1.82 bits per heavy atom. The Morgan fingerprint density at radius 3 is 2.45 bits per heavy atom. The Balaban J connectivity index is 1.52. The van der Waals surface area contributed by atoms with Crippen LogP contribution in [0.15, 0.2) is 41.8 Å². The number of piperidine rings is 1. The van der Waals surface area contributed by atoms with E-state index in [1.165, 1.54) is 11.3 Å². The lowest BCUT2D eigenvalue weighted by Gasteiger charge is -2.42. The Hall–Kier alpha value is -3.02. The Morgan fingerprint density at radius 1 is 1.12 bits per heavy atom. The number of nitrogens with one attached hydrogen (secondary N) is 2. The number of amides is 2. The van der Waals surface area contributed by atoms with Crippen LogP contribution in [0.3, 0.4) is 0 Å². The number of carbonyl (C=O) groups is 1. The Kier molecular flexibility index (Phi) is 7.43. The van der Waals surface area contributed by atoms with Crippen LogP contribution in [0.4, 0.5) is 40.8 Å². The van der Waals surface area contributed by atoms with Crippen LogP contribution in [0, 0.1) is 5.41 Å². The van der Waals surface area contributed by atoms with Gasteiger partial charge in [-0.2, -0.15) is 13.2 Å². The summed E-state index contributed by atoms with van der Waals surface area (Å²) in [5, 5.41) is 18.0. The number of urea groups is 1. The van der Waals surface area contributed by atoms with E-state index >= 15 is 0 Å². The molecule has 0 aliphatic carbocycles. The number of halogens is 4. The van der Waals surface area contributed by atoms with Gasteiger partial charge in [0, 0.05) is 23.9 Å². The van der Waals surface area contributed by atoms with Gasteiger partial charge in [0.05, 0.1) is 22.6 Å². The number of aromatic hydroxyl groups is 1. The Labute approximate surface area is 240 Å². The smallest absolute Gasteiger partial charge is 0.416 e. The predicted molar refractivity (Wildman–Crippen MR) is 153 cm³/mol. The van der Waals surface area contributed by atoms with Crippen LogP contribution in [0.5, 0.6) is 5.75 Å². The SMILES string of the molecule is CC(C)(C)CN1CCC2(CC1)CN(c1ccccc1NC(=O)Nc1csc(Cl)n1)c1c(O)ccc(C(F)(F)F)c12. The number of phenolic OH excluding ortho intramolecular Hbond substituents is 1. The van der Waals surface area contributed by atoms with Crippen molar-refractivity contribution in [2.24, 2.45) is 5.41 Å². The molecule has 0 bridgehead atoms. The number of fused-ring (bicyclic) bond motifs is 2. The van der Waals surface area contributed by atoms with Crippen molar-refractivity contribution >= 4 is 51.8 Å². The number of alkyl halides is 3. The molecule has 3 aromatic rings. The molecule has 40 heavy (non-hydrogen) atoms. The van der Waals surface area contributed by atoms with E-state index in [-0.39, 0.29) is 39.2 Å². The molecule has 1 aromatic heterocycles. The molecule has 5 rings (SSSR count). The highest BCUT2D eigenvalue weighted by Crippen LogP contribution is 2.57. The molecule has 1 fully saturated rings. The molecule has 214 valence electrons. The van der Waals surface area contributed by atoms with E-state index in [0.717, 1.165) is 18.7 Å². The third kappa shape index (κ3) is 5.73. The van der Waals surface area contributed by atoms with Gasteiger partial charge in [-0.15, -0.1) is 11.3 Å². The standard InChI is InChI=1S/C28H31ClF3N5O2S/c1-26(2,3)15-36-12-10-27(11-13-36)16-37(23-20(38)9-8-17(22(23)27)28(30,31)32)19-7-5-4-6-18(19)33-25(39)35-21-14-40-24(29)34-21/h4-9,14,38H,10-13,15-16H2,1-3H3,(H2,33,35,39). The van der Waals surface area contributed by atoms with Crippen LogP contribution < -0.4 is 15.5 Å². The summed E-state index contributed by atoms with van der Waals surface area (Å²) in [6.07, 6.45) is -3.56. The fourth-order valence-corrected chi connectivity index (χ4v) is 6.60. The van der Waals surface area contributed by atoms with Crippen LogP contribution in [0.1, 0.15) is 44.7 Å². The lowest BCUT2D eigenvalue weighted by atomic mass is 9.72. The van der Waals surface area contributed by atoms with Crippen molar-refractivity contribution in [2.75, 3.05) is 41.7 Å². The molecule has 0 unspecified atom stereocenters. The number of carbonyl (C=O) groups excluding carboxylic acids is 1. The second kappa shape index (κ2) is 10.4. The number of para-hydroxylation sites is 2. The highest BCUT2D eigenvalue weighted by Gasteiger charge is 2.52. The minimum atomic E-state index is -4.59. The van der Waals surface area contributed by atoms with E-state index in [1.54, 1.807) is 34.5 Å². The summed E-state index contributed by atoms with van der Waals surface area (Å²) in [6, 6.07) is 8.39. The van der Waals surface area contributed by atoms with Crippen molar-refractivity contribution in [3.8, 4) is 5.75 Å². The van der Waals surface area contributed by atoms with Crippen molar-refractivity contribution in [3.05, 3.63) is 57.4 Å². The number of phenols is 1.